The Morgan fingerprint density at radius 2 is 1.58 bits per heavy atom. The van der Waals surface area contributed by atoms with Gasteiger partial charge in [0.1, 0.15) is 6.54 Å². The number of nitrogens with zero attached hydrogens (tertiary/aromatic N) is 1. The molecule has 31 heavy (non-hydrogen) atoms. The van der Waals surface area contributed by atoms with Crippen LogP contribution in [0.1, 0.15) is 23.7 Å². The second-order valence-electron chi connectivity index (χ2n) is 8.11. The molecule has 8 nitrogen and oxygen atoms in total. The molecule has 0 aromatic heterocycles. The number of amides is 3. The number of benzene rings is 1. The van der Waals surface area contributed by atoms with Crippen molar-refractivity contribution in [3.8, 4) is 0 Å². The molecule has 3 aliphatic rings. The molecule has 2 aliphatic carbocycles. The highest BCUT2D eigenvalue weighted by Crippen LogP contribution is 2.59. The maximum absolute atomic E-state index is 12.7. The number of rotatable bonds is 6. The molecule has 164 valence electrons. The number of alkyl halides is 2. The van der Waals surface area contributed by atoms with Crippen LogP contribution < -0.4 is 5.32 Å². The van der Waals surface area contributed by atoms with Crippen LogP contribution in [0.2, 0.25) is 0 Å². The van der Waals surface area contributed by atoms with E-state index in [1.807, 2.05) is 0 Å². The minimum absolute atomic E-state index is 0.0990. The van der Waals surface area contributed by atoms with Gasteiger partial charge in [-0.1, -0.05) is 0 Å². The minimum Gasteiger partial charge on any atom is -0.454 e. The molecule has 1 aromatic carbocycles. The van der Waals surface area contributed by atoms with Gasteiger partial charge in [0, 0.05) is 11.3 Å². The molecule has 1 N–H and O–H groups in total. The van der Waals surface area contributed by atoms with Crippen molar-refractivity contribution in [2.45, 2.75) is 24.1 Å². The Balaban J connectivity index is 1.29. The van der Waals surface area contributed by atoms with Gasteiger partial charge in [0.2, 0.25) is 11.8 Å². The molecule has 1 saturated heterocycles. The summed E-state index contributed by atoms with van der Waals surface area (Å²) in [6.45, 7) is 0.308. The van der Waals surface area contributed by atoms with Crippen LogP contribution in [0.4, 0.5) is 5.69 Å². The number of carbonyl (C=O) groups is 5. The van der Waals surface area contributed by atoms with Gasteiger partial charge in [-0.15, -0.1) is 23.2 Å². The van der Waals surface area contributed by atoms with Crippen LogP contribution in [0.5, 0.6) is 0 Å². The number of esters is 1. The van der Waals surface area contributed by atoms with Crippen molar-refractivity contribution in [3.63, 3.8) is 0 Å². The first kappa shape index (κ1) is 21.8. The molecule has 2 bridgehead atoms. The number of nitrogens with one attached hydrogen (secondary N) is 1. The van der Waals surface area contributed by atoms with E-state index in [1.54, 1.807) is 24.3 Å². The Morgan fingerprint density at radius 1 is 1.03 bits per heavy atom. The second-order valence-corrected chi connectivity index (χ2v) is 9.12. The van der Waals surface area contributed by atoms with E-state index in [-0.39, 0.29) is 28.4 Å². The Hall–Kier alpha value is -2.45. The molecule has 0 unspecified atom stereocenters. The van der Waals surface area contributed by atoms with Gasteiger partial charge in [-0.25, -0.2) is 0 Å². The number of ether oxygens (including phenoxy) is 1. The highest BCUT2D eigenvalue weighted by molar-refractivity contribution is 6.31. The Kier molecular flexibility index (Phi) is 5.79. The van der Waals surface area contributed by atoms with Gasteiger partial charge in [-0.05, 0) is 49.4 Å². The lowest BCUT2D eigenvalue weighted by molar-refractivity contribution is -0.154. The molecule has 1 aliphatic heterocycles. The fourth-order valence-electron chi connectivity index (χ4n) is 4.87. The summed E-state index contributed by atoms with van der Waals surface area (Å²) < 4.78 is 4.93. The number of Topliss-reactive ketones (excluding diaryl/α,β-unsaturated/α-hetero) is 1. The van der Waals surface area contributed by atoms with Gasteiger partial charge in [-0.2, -0.15) is 0 Å². The molecule has 3 amide bonds. The molecule has 6 atom stereocenters. The summed E-state index contributed by atoms with van der Waals surface area (Å²) in [5.41, 5.74) is 0.939. The third kappa shape index (κ3) is 3.83. The van der Waals surface area contributed by atoms with Gasteiger partial charge in [0.05, 0.1) is 22.6 Å². The molecule has 1 aromatic rings. The van der Waals surface area contributed by atoms with Crippen LogP contribution >= 0.6 is 23.2 Å². The number of carbonyl (C=O) groups excluding carboxylic acids is 5. The third-order valence-electron chi connectivity index (χ3n) is 6.31. The summed E-state index contributed by atoms with van der Waals surface area (Å²) in [5, 5.41) is 1.79. The number of ketones is 1. The lowest BCUT2D eigenvalue weighted by Crippen LogP contribution is -2.38. The van der Waals surface area contributed by atoms with Gasteiger partial charge in [0.15, 0.2) is 12.4 Å². The van der Waals surface area contributed by atoms with E-state index in [9.17, 15) is 24.0 Å². The van der Waals surface area contributed by atoms with Crippen LogP contribution in [0.15, 0.2) is 24.3 Å². The van der Waals surface area contributed by atoms with Crippen molar-refractivity contribution >= 4 is 58.4 Å². The molecule has 0 spiro atoms. The van der Waals surface area contributed by atoms with Gasteiger partial charge >= 0.3 is 5.97 Å². The van der Waals surface area contributed by atoms with E-state index in [2.05, 4.69) is 5.32 Å². The fourth-order valence-corrected chi connectivity index (χ4v) is 5.77. The first-order chi connectivity index (χ1) is 14.7. The van der Waals surface area contributed by atoms with Gasteiger partial charge in [0.25, 0.3) is 5.91 Å². The predicted octanol–water partition coefficient (Wildman–Crippen LogP) is 1.84. The maximum atomic E-state index is 12.7. The summed E-state index contributed by atoms with van der Waals surface area (Å²) >= 11 is 12.6. The predicted molar refractivity (Wildman–Crippen MR) is 111 cm³/mol. The summed E-state index contributed by atoms with van der Waals surface area (Å²) in [7, 11) is 0. The zero-order valence-electron chi connectivity index (χ0n) is 16.5. The zero-order chi connectivity index (χ0) is 22.4. The van der Waals surface area contributed by atoms with Gasteiger partial charge < -0.3 is 10.1 Å². The number of likely N-dealkylation sites (tertiary alicyclic amines) is 1. The highest BCUT2D eigenvalue weighted by atomic mass is 35.5. The molecule has 0 radical (unpaired) electrons. The lowest BCUT2D eigenvalue weighted by atomic mass is 9.80. The Labute approximate surface area is 188 Å². The standard InChI is InChI=1S/C21H20Cl2N2O6/c1-9(26)10-2-4-11(5-3-10)24-14(27)8-31-15(28)7-25-20(29)16-12-6-13(17(16)21(25)30)19(23)18(12)22/h2-5,12-13,16-19H,6-8H2,1H3,(H,24,27)/t12-,13-,16-,17-,18-,19+/m1/s1. The van der Waals surface area contributed by atoms with E-state index in [0.29, 0.717) is 17.7 Å². The SMILES string of the molecule is CC(=O)c1ccc(NC(=O)COC(=O)CN2C(=O)[C@@H]3[C@H]4C[C@@H]([C@@H](Cl)[C@H]4Cl)[C@H]3C2=O)cc1. The number of hydrogen-bond acceptors (Lipinski definition) is 6. The van der Waals surface area contributed by atoms with E-state index >= 15 is 0 Å². The van der Waals surface area contributed by atoms with Crippen LogP contribution in [0.3, 0.4) is 0 Å². The summed E-state index contributed by atoms with van der Waals surface area (Å²) in [6.07, 6.45) is 0.640. The van der Waals surface area contributed by atoms with Crippen molar-refractivity contribution in [1.82, 2.24) is 4.90 Å². The molecule has 2 saturated carbocycles. The smallest absolute Gasteiger partial charge is 0.326 e. The maximum Gasteiger partial charge on any atom is 0.326 e. The number of imide groups is 1. The second kappa shape index (κ2) is 8.24. The summed E-state index contributed by atoms with van der Waals surface area (Å²) in [6, 6.07) is 6.24. The summed E-state index contributed by atoms with van der Waals surface area (Å²) in [4.78, 5) is 61.8. The fraction of sp³-hybridized carbons (Fsp3) is 0.476. The van der Waals surface area contributed by atoms with Crippen molar-refractivity contribution < 1.29 is 28.7 Å². The number of halogens is 2. The largest absolute Gasteiger partial charge is 0.454 e. The van der Waals surface area contributed by atoms with Crippen molar-refractivity contribution in [2.24, 2.45) is 23.7 Å². The minimum atomic E-state index is -0.860. The van der Waals surface area contributed by atoms with Crippen molar-refractivity contribution in [1.29, 1.82) is 0 Å². The van der Waals surface area contributed by atoms with Crippen LogP contribution in [0.25, 0.3) is 0 Å². The third-order valence-corrected chi connectivity index (χ3v) is 7.62. The number of fused-ring (bicyclic) bond motifs is 5. The summed E-state index contributed by atoms with van der Waals surface area (Å²) in [5.74, 6) is -3.82. The molecule has 3 fully saturated rings. The lowest BCUT2D eigenvalue weighted by Gasteiger charge is -2.28. The van der Waals surface area contributed by atoms with E-state index in [0.717, 1.165) is 4.90 Å². The first-order valence-electron chi connectivity index (χ1n) is 9.89. The normalized spacial score (nSPS) is 31.0. The van der Waals surface area contributed by atoms with Crippen molar-refractivity contribution in [2.75, 3.05) is 18.5 Å². The number of anilines is 1. The van der Waals surface area contributed by atoms with Crippen LogP contribution in [-0.4, -0.2) is 58.3 Å². The highest BCUT2D eigenvalue weighted by Gasteiger charge is 2.66. The molecule has 4 rings (SSSR count). The van der Waals surface area contributed by atoms with Crippen LogP contribution in [0, 0.1) is 23.7 Å². The average Bonchev–Trinajstić information content (AvgIpc) is 3.33. The van der Waals surface area contributed by atoms with E-state index < -0.39 is 48.7 Å². The van der Waals surface area contributed by atoms with Gasteiger partial charge in [-0.3, -0.25) is 28.9 Å². The van der Waals surface area contributed by atoms with Crippen LogP contribution in [-0.2, 0) is 23.9 Å². The first-order valence-corrected chi connectivity index (χ1v) is 10.8. The van der Waals surface area contributed by atoms with E-state index in [1.165, 1.54) is 6.92 Å². The zero-order valence-corrected chi connectivity index (χ0v) is 18.1. The number of hydrogen-bond donors (Lipinski definition) is 1. The molecular formula is C21H20Cl2N2O6. The average molecular weight is 467 g/mol. The topological polar surface area (TPSA) is 110 Å². The monoisotopic (exact) mass is 466 g/mol. The Morgan fingerprint density at radius 3 is 2.10 bits per heavy atom. The molecule has 1 heterocycles. The quantitative estimate of drug-likeness (QED) is 0.296. The molecular weight excluding hydrogens is 447 g/mol. The van der Waals surface area contributed by atoms with E-state index in [4.69, 9.17) is 27.9 Å². The Bertz CT molecular complexity index is 933. The van der Waals surface area contributed by atoms with Crippen molar-refractivity contribution in [3.05, 3.63) is 29.8 Å². The molecule has 10 heteroatoms.